The molecule has 0 radical (unpaired) electrons. The molecule has 4 heteroatoms. The average molecular weight is 240 g/mol. The van der Waals surface area contributed by atoms with Crippen molar-refractivity contribution in [2.24, 2.45) is 0 Å². The molecule has 0 saturated carbocycles. The van der Waals surface area contributed by atoms with Crippen LogP contribution in [0.1, 0.15) is 24.2 Å². The van der Waals surface area contributed by atoms with Gasteiger partial charge in [0.15, 0.2) is 0 Å². The fourth-order valence-corrected chi connectivity index (χ4v) is 1.97. The van der Waals surface area contributed by atoms with Crippen LogP contribution in [0.3, 0.4) is 0 Å². The van der Waals surface area contributed by atoms with Crippen molar-refractivity contribution in [2.45, 2.75) is 19.9 Å². The second-order valence-electron chi connectivity index (χ2n) is 4.08. The molecule has 0 aromatic heterocycles. The largest absolute Gasteiger partial charge is 0.491 e. The third kappa shape index (κ3) is 2.00. The summed E-state index contributed by atoms with van der Waals surface area (Å²) >= 11 is 5.90. The summed E-state index contributed by atoms with van der Waals surface area (Å²) in [5.41, 5.74) is 0.554. The fourth-order valence-electron chi connectivity index (χ4n) is 1.80. The second kappa shape index (κ2) is 4.34. The van der Waals surface area contributed by atoms with E-state index in [0.29, 0.717) is 29.5 Å². The summed E-state index contributed by atoms with van der Waals surface area (Å²) in [5, 5.41) is 0.557. The van der Waals surface area contributed by atoms with Gasteiger partial charge >= 0.3 is 0 Å². The van der Waals surface area contributed by atoms with Gasteiger partial charge in [0.05, 0.1) is 12.1 Å². The van der Waals surface area contributed by atoms with E-state index in [-0.39, 0.29) is 11.9 Å². The van der Waals surface area contributed by atoms with E-state index < -0.39 is 0 Å². The molecular formula is C12H14ClNO2. The minimum Gasteiger partial charge on any atom is -0.491 e. The van der Waals surface area contributed by atoms with Crippen LogP contribution in [0.2, 0.25) is 5.02 Å². The zero-order chi connectivity index (χ0) is 11.7. The zero-order valence-corrected chi connectivity index (χ0v) is 10.1. The van der Waals surface area contributed by atoms with Crippen LogP contribution in [-0.2, 0) is 0 Å². The Morgan fingerprint density at radius 1 is 1.44 bits per heavy atom. The topological polar surface area (TPSA) is 29.5 Å². The Kier molecular flexibility index (Phi) is 3.06. The summed E-state index contributed by atoms with van der Waals surface area (Å²) in [7, 11) is 0. The van der Waals surface area contributed by atoms with Crippen LogP contribution in [-0.4, -0.2) is 30.0 Å². The van der Waals surface area contributed by atoms with Gasteiger partial charge in [0.1, 0.15) is 12.4 Å². The maximum Gasteiger partial charge on any atom is 0.258 e. The number of benzene rings is 1. The Labute approximate surface area is 100.0 Å². The number of fused-ring (bicyclic) bond motifs is 1. The molecule has 2 rings (SSSR count). The van der Waals surface area contributed by atoms with Gasteiger partial charge in [-0.15, -0.1) is 0 Å². The molecule has 3 nitrogen and oxygen atoms in total. The standard InChI is InChI=1S/C12H14ClNO2/c1-8(2)14-5-6-16-11-4-3-9(13)7-10(11)12(14)15/h3-4,7-8H,5-6H2,1-2H3. The van der Waals surface area contributed by atoms with Crippen molar-refractivity contribution in [1.29, 1.82) is 0 Å². The van der Waals surface area contributed by atoms with Crippen molar-refractivity contribution in [2.75, 3.05) is 13.2 Å². The molecule has 1 aromatic carbocycles. The number of ether oxygens (including phenoxy) is 1. The van der Waals surface area contributed by atoms with Crippen LogP contribution in [0.5, 0.6) is 5.75 Å². The smallest absolute Gasteiger partial charge is 0.258 e. The third-order valence-corrected chi connectivity index (χ3v) is 2.88. The van der Waals surface area contributed by atoms with Crippen LogP contribution in [0.25, 0.3) is 0 Å². The molecule has 16 heavy (non-hydrogen) atoms. The van der Waals surface area contributed by atoms with E-state index in [1.165, 1.54) is 0 Å². The number of carbonyl (C=O) groups is 1. The fraction of sp³-hybridized carbons (Fsp3) is 0.417. The van der Waals surface area contributed by atoms with Gasteiger partial charge in [-0.1, -0.05) is 11.6 Å². The van der Waals surface area contributed by atoms with Gasteiger partial charge < -0.3 is 9.64 Å². The lowest BCUT2D eigenvalue weighted by atomic mass is 10.1. The van der Waals surface area contributed by atoms with Gasteiger partial charge in [0, 0.05) is 11.1 Å². The Balaban J connectivity index is 2.43. The maximum absolute atomic E-state index is 12.2. The van der Waals surface area contributed by atoms with E-state index >= 15 is 0 Å². The van der Waals surface area contributed by atoms with E-state index in [0.717, 1.165) is 0 Å². The lowest BCUT2D eigenvalue weighted by Crippen LogP contribution is -2.38. The molecule has 1 heterocycles. The molecule has 0 fully saturated rings. The zero-order valence-electron chi connectivity index (χ0n) is 9.37. The number of hydrogen-bond donors (Lipinski definition) is 0. The first-order valence-electron chi connectivity index (χ1n) is 5.33. The van der Waals surface area contributed by atoms with Crippen molar-refractivity contribution in [3.8, 4) is 5.75 Å². The molecule has 1 aliphatic rings. The quantitative estimate of drug-likeness (QED) is 0.754. The molecule has 0 bridgehead atoms. The molecule has 1 aliphatic heterocycles. The summed E-state index contributed by atoms with van der Waals surface area (Å²) in [4.78, 5) is 14.0. The highest BCUT2D eigenvalue weighted by Crippen LogP contribution is 2.26. The minimum absolute atomic E-state index is 0.00926. The van der Waals surface area contributed by atoms with Gasteiger partial charge in [-0.05, 0) is 32.0 Å². The molecule has 1 aromatic rings. The predicted molar refractivity (Wildman–Crippen MR) is 63.1 cm³/mol. The van der Waals surface area contributed by atoms with Crippen LogP contribution < -0.4 is 4.74 Å². The van der Waals surface area contributed by atoms with Gasteiger partial charge in [-0.25, -0.2) is 0 Å². The van der Waals surface area contributed by atoms with Crippen molar-refractivity contribution < 1.29 is 9.53 Å². The first kappa shape index (κ1) is 11.3. The van der Waals surface area contributed by atoms with Gasteiger partial charge in [0.25, 0.3) is 5.91 Å². The maximum atomic E-state index is 12.2. The first-order valence-corrected chi connectivity index (χ1v) is 5.70. The highest BCUT2D eigenvalue weighted by atomic mass is 35.5. The highest BCUT2D eigenvalue weighted by molar-refractivity contribution is 6.31. The Hall–Kier alpha value is -1.22. The number of amides is 1. The lowest BCUT2D eigenvalue weighted by Gasteiger charge is -2.24. The number of halogens is 1. The van der Waals surface area contributed by atoms with Crippen molar-refractivity contribution in [3.05, 3.63) is 28.8 Å². The van der Waals surface area contributed by atoms with E-state index in [4.69, 9.17) is 16.3 Å². The third-order valence-electron chi connectivity index (χ3n) is 2.65. The molecule has 0 unspecified atom stereocenters. The summed E-state index contributed by atoms with van der Waals surface area (Å²) < 4.78 is 5.53. The van der Waals surface area contributed by atoms with Crippen molar-refractivity contribution in [1.82, 2.24) is 4.90 Å². The first-order chi connectivity index (χ1) is 7.59. The van der Waals surface area contributed by atoms with Crippen molar-refractivity contribution >= 4 is 17.5 Å². The van der Waals surface area contributed by atoms with Crippen LogP contribution in [0, 0.1) is 0 Å². The lowest BCUT2D eigenvalue weighted by molar-refractivity contribution is 0.0704. The van der Waals surface area contributed by atoms with Crippen molar-refractivity contribution in [3.63, 3.8) is 0 Å². The predicted octanol–water partition coefficient (Wildman–Crippen LogP) is 2.58. The van der Waals surface area contributed by atoms with Crippen LogP contribution in [0.4, 0.5) is 0 Å². The molecule has 1 amide bonds. The number of hydrogen-bond acceptors (Lipinski definition) is 2. The number of carbonyl (C=O) groups excluding carboxylic acids is 1. The van der Waals surface area contributed by atoms with Gasteiger partial charge in [-0.3, -0.25) is 4.79 Å². The Morgan fingerprint density at radius 3 is 2.88 bits per heavy atom. The molecule has 0 saturated heterocycles. The van der Waals surface area contributed by atoms with Gasteiger partial charge in [0.2, 0.25) is 0 Å². The molecule has 0 N–H and O–H groups in total. The van der Waals surface area contributed by atoms with Crippen LogP contribution >= 0.6 is 11.6 Å². The summed E-state index contributed by atoms with van der Waals surface area (Å²) in [6.07, 6.45) is 0. The summed E-state index contributed by atoms with van der Waals surface area (Å²) in [6.45, 7) is 5.13. The Morgan fingerprint density at radius 2 is 2.19 bits per heavy atom. The number of rotatable bonds is 1. The van der Waals surface area contributed by atoms with E-state index in [1.54, 1.807) is 23.1 Å². The summed E-state index contributed by atoms with van der Waals surface area (Å²) in [6, 6.07) is 5.32. The molecule has 0 spiro atoms. The molecular weight excluding hydrogens is 226 g/mol. The van der Waals surface area contributed by atoms with Crippen LogP contribution in [0.15, 0.2) is 18.2 Å². The molecule has 86 valence electrons. The number of nitrogens with zero attached hydrogens (tertiary/aromatic N) is 1. The summed E-state index contributed by atoms with van der Waals surface area (Å²) in [5.74, 6) is 0.613. The Bertz CT molecular complexity index is 417. The second-order valence-corrected chi connectivity index (χ2v) is 4.52. The minimum atomic E-state index is -0.00926. The molecule has 0 atom stereocenters. The monoisotopic (exact) mass is 239 g/mol. The van der Waals surface area contributed by atoms with E-state index in [1.807, 2.05) is 13.8 Å². The normalized spacial score (nSPS) is 15.8. The van der Waals surface area contributed by atoms with Gasteiger partial charge in [-0.2, -0.15) is 0 Å². The SMILES string of the molecule is CC(C)N1CCOc2ccc(Cl)cc2C1=O. The highest BCUT2D eigenvalue weighted by Gasteiger charge is 2.25. The molecule has 0 aliphatic carbocycles. The van der Waals surface area contributed by atoms with E-state index in [9.17, 15) is 4.79 Å². The van der Waals surface area contributed by atoms with E-state index in [2.05, 4.69) is 0 Å². The average Bonchev–Trinajstić information content (AvgIpc) is 2.39.